The lowest BCUT2D eigenvalue weighted by atomic mass is 10.0. The Bertz CT molecular complexity index is 1100. The van der Waals surface area contributed by atoms with E-state index in [0.29, 0.717) is 36.4 Å². The number of nitrogen functional groups attached to an aromatic ring is 1. The van der Waals surface area contributed by atoms with Crippen LogP contribution in [0.3, 0.4) is 0 Å². The summed E-state index contributed by atoms with van der Waals surface area (Å²) >= 11 is 1.33. The molecule has 1 unspecified atom stereocenters. The van der Waals surface area contributed by atoms with Gasteiger partial charge in [0, 0.05) is 47.9 Å². The van der Waals surface area contributed by atoms with Crippen LogP contribution in [0.1, 0.15) is 18.4 Å². The molecule has 1 atom stereocenters. The zero-order valence-corrected chi connectivity index (χ0v) is 18.3. The second-order valence-electron chi connectivity index (χ2n) is 8.11. The summed E-state index contributed by atoms with van der Waals surface area (Å²) in [5.41, 5.74) is 14.7. The zero-order valence-electron chi connectivity index (χ0n) is 17.5. The SMILES string of the molecule is NC(=O)C1(c2ccccc2N)NC2=C(CN(C(=O)Nc3ccc(N4CCC4)nc3)CC2)S1. The lowest BCUT2D eigenvalue weighted by molar-refractivity contribution is -0.121. The molecule has 166 valence electrons. The quantitative estimate of drug-likeness (QED) is 0.523. The Kier molecular flexibility index (Phi) is 5.09. The maximum atomic E-state index is 12.9. The van der Waals surface area contributed by atoms with E-state index in [9.17, 15) is 9.59 Å². The number of nitrogens with two attached hydrogens (primary N) is 2. The number of primary amides is 1. The number of aromatic nitrogens is 1. The standard InChI is InChI=1S/C22H25N7O2S/c23-16-5-2-1-4-15(16)22(20(24)30)27-17-8-11-29(13-18(17)32-22)21(31)26-14-6-7-19(25-12-14)28-9-3-10-28/h1-2,4-7,12,27H,3,8-11,13,23H2,(H2,24,30)(H,26,31). The number of benzene rings is 1. The third-order valence-electron chi connectivity index (χ3n) is 6.06. The fourth-order valence-electron chi connectivity index (χ4n) is 4.14. The molecular weight excluding hydrogens is 426 g/mol. The summed E-state index contributed by atoms with van der Waals surface area (Å²) in [6.45, 7) is 2.96. The fraction of sp³-hybridized carbons (Fsp3) is 0.318. The minimum Gasteiger partial charge on any atom is -0.398 e. The summed E-state index contributed by atoms with van der Waals surface area (Å²) in [5, 5.41) is 6.24. The number of para-hydroxylation sites is 1. The summed E-state index contributed by atoms with van der Waals surface area (Å²) in [7, 11) is 0. The van der Waals surface area contributed by atoms with Crippen LogP contribution in [0.25, 0.3) is 0 Å². The topological polar surface area (TPSA) is 130 Å². The van der Waals surface area contributed by atoms with Crippen molar-refractivity contribution >= 4 is 40.9 Å². The van der Waals surface area contributed by atoms with Crippen molar-refractivity contribution in [1.29, 1.82) is 0 Å². The molecule has 3 aliphatic heterocycles. The first-order valence-corrected chi connectivity index (χ1v) is 11.4. The minimum atomic E-state index is -1.17. The average molecular weight is 452 g/mol. The highest BCUT2D eigenvalue weighted by Crippen LogP contribution is 2.49. The molecule has 32 heavy (non-hydrogen) atoms. The van der Waals surface area contributed by atoms with Crippen LogP contribution in [0, 0.1) is 0 Å². The Labute approximate surface area is 190 Å². The number of carbonyl (C=O) groups excluding carboxylic acids is 2. The number of anilines is 3. The van der Waals surface area contributed by atoms with E-state index >= 15 is 0 Å². The Balaban J connectivity index is 1.28. The van der Waals surface area contributed by atoms with Crippen molar-refractivity contribution < 1.29 is 9.59 Å². The van der Waals surface area contributed by atoms with Crippen molar-refractivity contribution in [3.63, 3.8) is 0 Å². The maximum absolute atomic E-state index is 12.9. The molecule has 1 saturated heterocycles. The van der Waals surface area contributed by atoms with Crippen molar-refractivity contribution in [2.24, 2.45) is 5.73 Å². The summed E-state index contributed by atoms with van der Waals surface area (Å²) in [4.78, 5) is 33.5. The summed E-state index contributed by atoms with van der Waals surface area (Å²) < 4.78 is 0. The predicted octanol–water partition coefficient (Wildman–Crippen LogP) is 2.00. The van der Waals surface area contributed by atoms with E-state index in [1.165, 1.54) is 18.2 Å². The first-order chi connectivity index (χ1) is 15.5. The van der Waals surface area contributed by atoms with Gasteiger partial charge >= 0.3 is 6.03 Å². The van der Waals surface area contributed by atoms with Gasteiger partial charge in [0.1, 0.15) is 5.82 Å². The monoisotopic (exact) mass is 451 g/mol. The Morgan fingerprint density at radius 1 is 1.16 bits per heavy atom. The number of rotatable bonds is 4. The second kappa shape index (κ2) is 7.94. The third-order valence-corrected chi connectivity index (χ3v) is 7.51. The lowest BCUT2D eigenvalue weighted by Crippen LogP contribution is -2.47. The van der Waals surface area contributed by atoms with Gasteiger partial charge in [-0.3, -0.25) is 4.79 Å². The predicted molar refractivity (Wildman–Crippen MR) is 126 cm³/mol. The van der Waals surface area contributed by atoms with Crippen LogP contribution >= 0.6 is 11.8 Å². The van der Waals surface area contributed by atoms with Gasteiger partial charge in [-0.05, 0) is 24.6 Å². The maximum Gasteiger partial charge on any atom is 0.322 e. The molecule has 9 nitrogen and oxygen atoms in total. The number of hydrogen-bond donors (Lipinski definition) is 4. The molecule has 0 radical (unpaired) electrons. The molecule has 1 aromatic heterocycles. The lowest BCUT2D eigenvalue weighted by Gasteiger charge is -2.32. The molecule has 3 aliphatic rings. The number of urea groups is 1. The highest BCUT2D eigenvalue weighted by molar-refractivity contribution is 8.05. The van der Waals surface area contributed by atoms with Gasteiger partial charge in [-0.1, -0.05) is 30.0 Å². The van der Waals surface area contributed by atoms with Crippen molar-refractivity contribution in [1.82, 2.24) is 15.2 Å². The molecular formula is C22H25N7O2S. The number of nitrogens with one attached hydrogen (secondary N) is 2. The van der Waals surface area contributed by atoms with Crippen LogP contribution in [-0.4, -0.2) is 48.0 Å². The van der Waals surface area contributed by atoms with E-state index in [1.54, 1.807) is 23.2 Å². The van der Waals surface area contributed by atoms with Gasteiger partial charge in [0.25, 0.3) is 5.91 Å². The van der Waals surface area contributed by atoms with Gasteiger partial charge in [-0.25, -0.2) is 9.78 Å². The van der Waals surface area contributed by atoms with Crippen molar-refractivity contribution in [2.45, 2.75) is 17.7 Å². The molecule has 5 rings (SSSR count). The number of carbonyl (C=O) groups is 2. The Morgan fingerprint density at radius 3 is 2.62 bits per heavy atom. The number of hydrogen-bond acceptors (Lipinski definition) is 7. The Morgan fingerprint density at radius 2 is 1.97 bits per heavy atom. The van der Waals surface area contributed by atoms with E-state index in [0.717, 1.165) is 29.5 Å². The molecule has 3 amide bonds. The van der Waals surface area contributed by atoms with Gasteiger partial charge in [-0.2, -0.15) is 0 Å². The normalized spacial score (nSPS) is 22.1. The number of amides is 3. The Hall–Kier alpha value is -3.40. The highest BCUT2D eigenvalue weighted by atomic mass is 32.2. The van der Waals surface area contributed by atoms with Crippen LogP contribution in [-0.2, 0) is 9.67 Å². The van der Waals surface area contributed by atoms with Crippen molar-refractivity contribution in [3.8, 4) is 0 Å². The fourth-order valence-corrected chi connectivity index (χ4v) is 5.57. The number of thioether (sulfide) groups is 1. The van der Waals surface area contributed by atoms with Crippen LogP contribution in [0.2, 0.25) is 0 Å². The first-order valence-electron chi connectivity index (χ1n) is 10.6. The van der Waals surface area contributed by atoms with Crippen LogP contribution in [0.15, 0.2) is 53.2 Å². The van der Waals surface area contributed by atoms with E-state index in [2.05, 4.69) is 20.5 Å². The smallest absolute Gasteiger partial charge is 0.322 e. The van der Waals surface area contributed by atoms with Gasteiger partial charge in [0.15, 0.2) is 4.87 Å². The van der Waals surface area contributed by atoms with E-state index in [1.807, 2.05) is 24.3 Å². The van der Waals surface area contributed by atoms with E-state index in [4.69, 9.17) is 11.5 Å². The summed E-state index contributed by atoms with van der Waals surface area (Å²) in [6.07, 6.45) is 3.47. The molecule has 2 aromatic rings. The largest absolute Gasteiger partial charge is 0.398 e. The zero-order chi connectivity index (χ0) is 22.3. The van der Waals surface area contributed by atoms with Crippen molar-refractivity contribution in [2.75, 3.05) is 42.1 Å². The number of nitrogens with zero attached hydrogens (tertiary/aromatic N) is 3. The van der Waals surface area contributed by atoms with Crippen molar-refractivity contribution in [3.05, 3.63) is 58.8 Å². The molecule has 4 heterocycles. The first kappa shape index (κ1) is 20.5. The van der Waals surface area contributed by atoms with E-state index < -0.39 is 10.8 Å². The average Bonchev–Trinajstić information content (AvgIpc) is 3.14. The van der Waals surface area contributed by atoms with Gasteiger partial charge < -0.3 is 31.9 Å². The summed E-state index contributed by atoms with van der Waals surface area (Å²) in [5.74, 6) is 0.414. The van der Waals surface area contributed by atoms with Gasteiger partial charge in [0.05, 0.1) is 18.4 Å². The summed E-state index contributed by atoms with van der Waals surface area (Å²) in [6, 6.07) is 10.8. The van der Waals surface area contributed by atoms with Crippen LogP contribution < -0.4 is 27.0 Å². The second-order valence-corrected chi connectivity index (χ2v) is 9.42. The van der Waals surface area contributed by atoms with Gasteiger partial charge in [-0.15, -0.1) is 0 Å². The minimum absolute atomic E-state index is 0.202. The van der Waals surface area contributed by atoms with E-state index in [-0.39, 0.29) is 6.03 Å². The molecule has 0 saturated carbocycles. The van der Waals surface area contributed by atoms with Gasteiger partial charge in [0.2, 0.25) is 0 Å². The third kappa shape index (κ3) is 3.50. The van der Waals surface area contributed by atoms with Crippen LogP contribution in [0.5, 0.6) is 0 Å². The number of pyridine rings is 1. The van der Waals surface area contributed by atoms with Crippen LogP contribution in [0.4, 0.5) is 22.0 Å². The molecule has 10 heteroatoms. The molecule has 1 aromatic carbocycles. The molecule has 0 spiro atoms. The molecule has 1 fully saturated rings. The molecule has 0 bridgehead atoms. The molecule has 6 N–H and O–H groups in total. The highest BCUT2D eigenvalue weighted by Gasteiger charge is 2.48. The molecule has 0 aliphatic carbocycles.